The maximum absolute atomic E-state index is 10.9. The average molecular weight is 246 g/mol. The van der Waals surface area contributed by atoms with E-state index < -0.39 is 11.4 Å². The number of carboxylic acids is 1. The fourth-order valence-corrected chi connectivity index (χ4v) is 1.39. The first-order valence-electron chi connectivity index (χ1n) is 6.33. The van der Waals surface area contributed by atoms with Gasteiger partial charge in [0.05, 0.1) is 18.1 Å². The summed E-state index contributed by atoms with van der Waals surface area (Å²) in [6.07, 6.45) is 2.57. The van der Waals surface area contributed by atoms with E-state index in [-0.39, 0.29) is 6.10 Å². The molecule has 0 aliphatic carbocycles. The van der Waals surface area contributed by atoms with Gasteiger partial charge >= 0.3 is 5.97 Å². The van der Waals surface area contributed by atoms with Gasteiger partial charge in [-0.3, -0.25) is 4.79 Å². The van der Waals surface area contributed by atoms with Gasteiger partial charge in [0.15, 0.2) is 0 Å². The lowest BCUT2D eigenvalue weighted by Gasteiger charge is -2.19. The molecule has 4 heteroatoms. The highest BCUT2D eigenvalue weighted by molar-refractivity contribution is 5.73. The molecule has 17 heavy (non-hydrogen) atoms. The molecule has 102 valence electrons. The molecule has 0 radical (unpaired) electrons. The van der Waals surface area contributed by atoms with Crippen LogP contribution in [0.3, 0.4) is 0 Å². The second-order valence-corrected chi connectivity index (χ2v) is 4.99. The van der Waals surface area contributed by atoms with Gasteiger partial charge in [0.2, 0.25) is 0 Å². The van der Waals surface area contributed by atoms with Gasteiger partial charge in [-0.1, -0.05) is 6.42 Å². The van der Waals surface area contributed by atoms with Crippen molar-refractivity contribution in [3.8, 4) is 0 Å². The van der Waals surface area contributed by atoms with Gasteiger partial charge in [-0.25, -0.2) is 0 Å². The smallest absolute Gasteiger partial charge is 0.309 e. The lowest BCUT2D eigenvalue weighted by atomic mass is 9.87. The van der Waals surface area contributed by atoms with Crippen molar-refractivity contribution in [2.45, 2.75) is 53.1 Å². The predicted molar refractivity (Wildman–Crippen MR) is 67.2 cm³/mol. The van der Waals surface area contributed by atoms with Crippen LogP contribution in [-0.4, -0.2) is 37.0 Å². The molecule has 0 saturated heterocycles. The first kappa shape index (κ1) is 16.4. The molecule has 4 nitrogen and oxygen atoms in total. The van der Waals surface area contributed by atoms with E-state index in [2.05, 4.69) is 0 Å². The van der Waals surface area contributed by atoms with Gasteiger partial charge < -0.3 is 14.6 Å². The average Bonchev–Trinajstić information content (AvgIpc) is 2.25. The van der Waals surface area contributed by atoms with E-state index in [0.29, 0.717) is 26.2 Å². The van der Waals surface area contributed by atoms with E-state index in [9.17, 15) is 4.79 Å². The first-order valence-corrected chi connectivity index (χ1v) is 6.33. The standard InChI is InChI=1S/C13H26O4/c1-5-16-10-11(2)17-9-7-6-8-13(3,4)12(14)15/h11H,5-10H2,1-4H3,(H,14,15). The van der Waals surface area contributed by atoms with Crippen LogP contribution in [0.4, 0.5) is 0 Å². The minimum Gasteiger partial charge on any atom is -0.481 e. The van der Waals surface area contributed by atoms with Gasteiger partial charge in [0, 0.05) is 13.2 Å². The highest BCUT2D eigenvalue weighted by atomic mass is 16.5. The van der Waals surface area contributed by atoms with Gasteiger partial charge in [-0.05, 0) is 40.5 Å². The van der Waals surface area contributed by atoms with Crippen LogP contribution >= 0.6 is 0 Å². The van der Waals surface area contributed by atoms with Gasteiger partial charge in [-0.15, -0.1) is 0 Å². The molecule has 1 atom stereocenters. The molecule has 0 amide bonds. The number of rotatable bonds is 10. The molecule has 0 fully saturated rings. The van der Waals surface area contributed by atoms with E-state index >= 15 is 0 Å². The van der Waals surface area contributed by atoms with Crippen LogP contribution in [0.5, 0.6) is 0 Å². The minimum atomic E-state index is -0.733. The number of unbranched alkanes of at least 4 members (excludes halogenated alkanes) is 1. The van der Waals surface area contributed by atoms with Crippen LogP contribution in [0.25, 0.3) is 0 Å². The van der Waals surface area contributed by atoms with E-state index in [0.717, 1.165) is 12.8 Å². The van der Waals surface area contributed by atoms with E-state index in [1.807, 2.05) is 13.8 Å². The largest absolute Gasteiger partial charge is 0.481 e. The maximum Gasteiger partial charge on any atom is 0.309 e. The first-order chi connectivity index (χ1) is 7.90. The number of aliphatic carboxylic acids is 1. The Morgan fingerprint density at radius 3 is 2.53 bits per heavy atom. The lowest BCUT2D eigenvalue weighted by molar-refractivity contribution is -0.147. The van der Waals surface area contributed by atoms with Crippen LogP contribution in [0, 0.1) is 5.41 Å². The normalized spacial score (nSPS) is 13.6. The maximum atomic E-state index is 10.9. The van der Waals surface area contributed by atoms with Crippen molar-refractivity contribution >= 4 is 5.97 Å². The highest BCUT2D eigenvalue weighted by Gasteiger charge is 2.25. The molecule has 0 bridgehead atoms. The SMILES string of the molecule is CCOCC(C)OCCCCC(C)(C)C(=O)O. The zero-order valence-electron chi connectivity index (χ0n) is 11.5. The van der Waals surface area contributed by atoms with Crippen molar-refractivity contribution in [1.29, 1.82) is 0 Å². The Balaban J connectivity index is 3.49. The second kappa shape index (κ2) is 8.48. The van der Waals surface area contributed by atoms with Crippen molar-refractivity contribution in [2.24, 2.45) is 5.41 Å². The molecule has 0 rings (SSSR count). The van der Waals surface area contributed by atoms with Crippen LogP contribution in [0.15, 0.2) is 0 Å². The van der Waals surface area contributed by atoms with Crippen LogP contribution in [0.2, 0.25) is 0 Å². The number of ether oxygens (including phenoxy) is 2. The fraction of sp³-hybridized carbons (Fsp3) is 0.923. The summed E-state index contributed by atoms with van der Waals surface area (Å²) in [5, 5.41) is 8.94. The van der Waals surface area contributed by atoms with Crippen LogP contribution in [0.1, 0.15) is 47.0 Å². The fourth-order valence-electron chi connectivity index (χ4n) is 1.39. The number of hydrogen-bond acceptors (Lipinski definition) is 3. The van der Waals surface area contributed by atoms with Crippen molar-refractivity contribution in [3.63, 3.8) is 0 Å². The quantitative estimate of drug-likeness (QED) is 0.602. The molecule has 1 N–H and O–H groups in total. The summed E-state index contributed by atoms with van der Waals surface area (Å²) < 4.78 is 10.8. The summed E-state index contributed by atoms with van der Waals surface area (Å²) in [4.78, 5) is 10.9. The minimum absolute atomic E-state index is 0.113. The monoisotopic (exact) mass is 246 g/mol. The number of carboxylic acid groups (broad SMARTS) is 1. The zero-order valence-corrected chi connectivity index (χ0v) is 11.5. The lowest BCUT2D eigenvalue weighted by Crippen LogP contribution is -2.23. The summed E-state index contributed by atoms with van der Waals surface area (Å²) in [6, 6.07) is 0. The summed E-state index contributed by atoms with van der Waals surface area (Å²) in [6.45, 7) is 9.46. The van der Waals surface area contributed by atoms with Crippen molar-refractivity contribution < 1.29 is 19.4 Å². The van der Waals surface area contributed by atoms with Gasteiger partial charge in [-0.2, -0.15) is 0 Å². The van der Waals surface area contributed by atoms with E-state index in [1.54, 1.807) is 13.8 Å². The summed E-state index contributed by atoms with van der Waals surface area (Å²) in [5.74, 6) is -0.733. The van der Waals surface area contributed by atoms with Crippen molar-refractivity contribution in [3.05, 3.63) is 0 Å². The highest BCUT2D eigenvalue weighted by Crippen LogP contribution is 2.23. The Bertz CT molecular complexity index is 213. The summed E-state index contributed by atoms with van der Waals surface area (Å²) in [7, 11) is 0. The Labute approximate surface area is 104 Å². The molecule has 0 aromatic heterocycles. The third kappa shape index (κ3) is 8.16. The van der Waals surface area contributed by atoms with Crippen molar-refractivity contribution in [2.75, 3.05) is 19.8 Å². The Morgan fingerprint density at radius 2 is 2.00 bits per heavy atom. The topological polar surface area (TPSA) is 55.8 Å². The second-order valence-electron chi connectivity index (χ2n) is 4.99. The van der Waals surface area contributed by atoms with Gasteiger partial charge in [0.25, 0.3) is 0 Å². The van der Waals surface area contributed by atoms with E-state index in [4.69, 9.17) is 14.6 Å². The third-order valence-corrected chi connectivity index (χ3v) is 2.73. The molecule has 0 aromatic carbocycles. The summed E-state index contributed by atoms with van der Waals surface area (Å²) in [5.41, 5.74) is -0.628. The molecule has 0 spiro atoms. The molecule has 0 aliphatic rings. The number of carbonyl (C=O) groups is 1. The van der Waals surface area contributed by atoms with Crippen molar-refractivity contribution in [1.82, 2.24) is 0 Å². The molecular formula is C13H26O4. The molecule has 0 heterocycles. The molecule has 0 aromatic rings. The molecule has 1 unspecified atom stereocenters. The Kier molecular flexibility index (Phi) is 8.17. The Hall–Kier alpha value is -0.610. The van der Waals surface area contributed by atoms with Crippen LogP contribution < -0.4 is 0 Å². The van der Waals surface area contributed by atoms with Crippen LogP contribution in [-0.2, 0) is 14.3 Å². The van der Waals surface area contributed by atoms with Gasteiger partial charge in [0.1, 0.15) is 0 Å². The Morgan fingerprint density at radius 1 is 1.35 bits per heavy atom. The molecule has 0 aliphatic heterocycles. The zero-order chi connectivity index (χ0) is 13.3. The third-order valence-electron chi connectivity index (χ3n) is 2.73. The summed E-state index contributed by atoms with van der Waals surface area (Å²) >= 11 is 0. The molecular weight excluding hydrogens is 220 g/mol. The van der Waals surface area contributed by atoms with E-state index in [1.165, 1.54) is 0 Å². The predicted octanol–water partition coefficient (Wildman–Crippen LogP) is 2.71. The number of hydrogen-bond donors (Lipinski definition) is 1. The molecule has 0 saturated carbocycles.